The van der Waals surface area contributed by atoms with Crippen LogP contribution in [0.2, 0.25) is 0 Å². The van der Waals surface area contributed by atoms with Gasteiger partial charge >= 0.3 is 6.18 Å². The molecule has 0 fully saturated rings. The number of aromatic nitrogens is 2. The third kappa shape index (κ3) is 6.99. The zero-order valence-electron chi connectivity index (χ0n) is 25.0. The Balaban J connectivity index is 1.52. The molecule has 1 amide bonds. The monoisotopic (exact) mass is 626 g/mol. The van der Waals surface area contributed by atoms with E-state index in [1.807, 2.05) is 25.1 Å². The van der Waals surface area contributed by atoms with Crippen molar-refractivity contribution in [2.45, 2.75) is 19.5 Å². The summed E-state index contributed by atoms with van der Waals surface area (Å²) in [6.45, 7) is 5.39. The number of carbonyl (C=O) groups excluding carboxylic acids is 1. The summed E-state index contributed by atoms with van der Waals surface area (Å²) < 4.78 is 53.0. The van der Waals surface area contributed by atoms with Crippen LogP contribution in [0.3, 0.4) is 0 Å². The normalized spacial score (nSPS) is 11.5. The number of fused-ring (bicyclic) bond motifs is 1. The third-order valence-electron chi connectivity index (χ3n) is 7.03. The Morgan fingerprint density at radius 1 is 1.04 bits per heavy atom. The summed E-state index contributed by atoms with van der Waals surface area (Å²) >= 11 is 0. The van der Waals surface area contributed by atoms with Gasteiger partial charge in [-0.2, -0.15) is 22.9 Å². The number of amides is 1. The number of hydrogen-bond acceptors (Lipinski definition) is 6. The van der Waals surface area contributed by atoms with Gasteiger partial charge in [0.2, 0.25) is 0 Å². The Hall–Kier alpha value is -5.71. The molecule has 1 N–H and O–H groups in total. The van der Waals surface area contributed by atoms with Gasteiger partial charge in [-0.15, -0.1) is 6.58 Å². The predicted molar refractivity (Wildman–Crippen MR) is 172 cm³/mol. The molecule has 8 nitrogen and oxygen atoms in total. The molecule has 5 aromatic rings. The predicted octanol–water partition coefficient (Wildman–Crippen LogP) is 7.03. The number of anilines is 1. The Kier molecular flexibility index (Phi) is 9.31. The van der Waals surface area contributed by atoms with Gasteiger partial charge < -0.3 is 14.8 Å². The van der Waals surface area contributed by atoms with E-state index in [4.69, 9.17) is 9.47 Å². The van der Waals surface area contributed by atoms with E-state index < -0.39 is 17.3 Å². The van der Waals surface area contributed by atoms with Gasteiger partial charge in [0.25, 0.3) is 11.5 Å². The zero-order chi connectivity index (χ0) is 32.8. The molecular formula is C35H29F3N4O4. The number of methoxy groups -OCH3 is 1. The highest BCUT2D eigenvalue weighted by atomic mass is 19.4. The number of rotatable bonds is 10. The molecule has 1 heterocycles. The summed E-state index contributed by atoms with van der Waals surface area (Å²) in [5.74, 6) is 0.195. The van der Waals surface area contributed by atoms with E-state index in [0.29, 0.717) is 40.3 Å². The molecule has 46 heavy (non-hydrogen) atoms. The topological polar surface area (TPSA) is 94.8 Å². The van der Waals surface area contributed by atoms with Gasteiger partial charge in [-0.25, -0.2) is 4.98 Å². The smallest absolute Gasteiger partial charge is 0.416 e. The molecule has 0 aliphatic heterocycles. The van der Waals surface area contributed by atoms with E-state index in [1.54, 1.807) is 48.5 Å². The van der Waals surface area contributed by atoms with Gasteiger partial charge in [0.15, 0.2) is 23.9 Å². The van der Waals surface area contributed by atoms with Gasteiger partial charge in [0.05, 0.1) is 29.8 Å². The van der Waals surface area contributed by atoms with Gasteiger partial charge in [-0.3, -0.25) is 9.59 Å². The van der Waals surface area contributed by atoms with Crippen LogP contribution in [0.5, 0.6) is 11.5 Å². The molecule has 234 valence electrons. The molecule has 11 heteroatoms. The molecule has 0 aliphatic rings. The molecule has 0 radical (unpaired) electrons. The zero-order valence-corrected chi connectivity index (χ0v) is 25.0. The first-order valence-corrected chi connectivity index (χ1v) is 14.1. The standard InChI is InChI=1S/C35H29F3N4O4/c1-4-10-24-17-23(18-30(45-3)32(24)46-21-31(43)40-28-15-7-5-11-22(28)2)20-39-42-33(25-12-9-13-26(19-25)35(36,37)38)41-29-16-8-6-14-27(29)34(42)44/h4-9,11-20H,1,10,21H2,2-3H3,(H,40,43). The van der Waals surface area contributed by atoms with Crippen LogP contribution in [-0.2, 0) is 17.4 Å². The average Bonchev–Trinajstić information content (AvgIpc) is 3.04. The van der Waals surface area contributed by atoms with Crippen molar-refractivity contribution in [2.75, 3.05) is 19.0 Å². The van der Waals surface area contributed by atoms with E-state index in [-0.39, 0.29) is 29.3 Å². The van der Waals surface area contributed by atoms with Crippen molar-refractivity contribution < 1.29 is 27.4 Å². The number of allylic oxidation sites excluding steroid dienone is 1. The first-order valence-electron chi connectivity index (χ1n) is 14.1. The van der Waals surface area contributed by atoms with Crippen LogP contribution in [-0.4, -0.2) is 35.5 Å². The molecule has 1 aromatic heterocycles. The fourth-order valence-electron chi connectivity index (χ4n) is 4.79. The summed E-state index contributed by atoms with van der Waals surface area (Å²) in [5, 5.41) is 7.44. The highest BCUT2D eigenvalue weighted by molar-refractivity contribution is 5.92. The molecule has 0 atom stereocenters. The fourth-order valence-corrected chi connectivity index (χ4v) is 4.79. The van der Waals surface area contributed by atoms with E-state index in [2.05, 4.69) is 22.0 Å². The highest BCUT2D eigenvalue weighted by Gasteiger charge is 2.31. The van der Waals surface area contributed by atoms with Crippen molar-refractivity contribution in [2.24, 2.45) is 5.10 Å². The summed E-state index contributed by atoms with van der Waals surface area (Å²) in [6, 6.07) is 21.8. The van der Waals surface area contributed by atoms with Crippen LogP contribution >= 0.6 is 0 Å². The van der Waals surface area contributed by atoms with Crippen LogP contribution in [0.4, 0.5) is 18.9 Å². The van der Waals surface area contributed by atoms with Crippen LogP contribution in [0.1, 0.15) is 22.3 Å². The minimum atomic E-state index is -4.59. The van der Waals surface area contributed by atoms with Gasteiger partial charge in [0.1, 0.15) is 0 Å². The largest absolute Gasteiger partial charge is 0.493 e. The SMILES string of the molecule is C=CCc1cc(C=Nn2c(-c3cccc(C(F)(F)F)c3)nc3ccccc3c2=O)cc(OC)c1OCC(=O)Nc1ccccc1C. The van der Waals surface area contributed by atoms with E-state index >= 15 is 0 Å². The maximum absolute atomic E-state index is 13.6. The van der Waals surface area contributed by atoms with Crippen molar-refractivity contribution >= 4 is 28.7 Å². The van der Waals surface area contributed by atoms with E-state index in [9.17, 15) is 22.8 Å². The number of hydrogen-bond donors (Lipinski definition) is 1. The van der Waals surface area contributed by atoms with E-state index in [0.717, 1.165) is 22.4 Å². The second-order valence-electron chi connectivity index (χ2n) is 10.2. The molecule has 5 rings (SSSR count). The maximum Gasteiger partial charge on any atom is 0.416 e. The Bertz CT molecular complexity index is 2020. The Labute approximate surface area is 262 Å². The maximum atomic E-state index is 13.6. The molecule has 0 aliphatic carbocycles. The summed E-state index contributed by atoms with van der Waals surface area (Å²) in [4.78, 5) is 30.7. The summed E-state index contributed by atoms with van der Waals surface area (Å²) in [7, 11) is 1.44. The number of aryl methyl sites for hydroxylation is 1. The lowest BCUT2D eigenvalue weighted by atomic mass is 10.1. The molecular weight excluding hydrogens is 597 g/mol. The van der Waals surface area contributed by atoms with E-state index in [1.165, 1.54) is 25.5 Å². The number of nitrogens with zero attached hydrogens (tertiary/aromatic N) is 3. The van der Waals surface area contributed by atoms with Crippen molar-refractivity contribution in [3.63, 3.8) is 0 Å². The lowest BCUT2D eigenvalue weighted by molar-refractivity contribution is -0.137. The first-order chi connectivity index (χ1) is 22.1. The van der Waals surface area contributed by atoms with Crippen LogP contribution in [0.15, 0.2) is 107 Å². The molecule has 0 saturated carbocycles. The van der Waals surface area contributed by atoms with Crippen LogP contribution in [0, 0.1) is 6.92 Å². The van der Waals surface area contributed by atoms with Crippen LogP contribution < -0.4 is 20.3 Å². The molecule has 0 spiro atoms. The number of benzene rings is 4. The number of para-hydroxylation sites is 2. The quantitative estimate of drug-likeness (QED) is 0.133. The molecule has 0 unspecified atom stereocenters. The van der Waals surface area contributed by atoms with Crippen molar-refractivity contribution in [3.05, 3.63) is 130 Å². The first kappa shape index (κ1) is 31.7. The average molecular weight is 627 g/mol. The molecule has 0 saturated heterocycles. The minimum Gasteiger partial charge on any atom is -0.493 e. The van der Waals surface area contributed by atoms with Gasteiger partial charge in [-0.1, -0.05) is 48.5 Å². The Morgan fingerprint density at radius 3 is 2.54 bits per heavy atom. The van der Waals surface area contributed by atoms with Gasteiger partial charge in [0, 0.05) is 16.8 Å². The van der Waals surface area contributed by atoms with Gasteiger partial charge in [-0.05, 0) is 66.9 Å². The second-order valence-corrected chi connectivity index (χ2v) is 10.2. The fraction of sp³-hybridized carbons (Fsp3) is 0.143. The number of ether oxygens (including phenoxy) is 2. The number of halogens is 3. The summed E-state index contributed by atoms with van der Waals surface area (Å²) in [5.41, 5.74) is 1.62. The van der Waals surface area contributed by atoms with Crippen molar-refractivity contribution in [1.82, 2.24) is 9.66 Å². The number of carbonyl (C=O) groups is 1. The van der Waals surface area contributed by atoms with Crippen LogP contribution in [0.25, 0.3) is 22.3 Å². The Morgan fingerprint density at radius 2 is 1.80 bits per heavy atom. The molecule has 4 aromatic carbocycles. The lowest BCUT2D eigenvalue weighted by Crippen LogP contribution is -2.21. The number of nitrogens with one attached hydrogen (secondary N) is 1. The second kappa shape index (κ2) is 13.5. The lowest BCUT2D eigenvalue weighted by Gasteiger charge is -2.16. The van der Waals surface area contributed by atoms with Crippen molar-refractivity contribution in [1.29, 1.82) is 0 Å². The highest BCUT2D eigenvalue weighted by Crippen LogP contribution is 2.34. The summed E-state index contributed by atoms with van der Waals surface area (Å²) in [6.07, 6.45) is -1.22. The minimum absolute atomic E-state index is 0.0625. The number of alkyl halides is 3. The van der Waals surface area contributed by atoms with Crippen molar-refractivity contribution in [3.8, 4) is 22.9 Å². The molecule has 0 bridgehead atoms. The third-order valence-corrected chi connectivity index (χ3v) is 7.03.